The highest BCUT2D eigenvalue weighted by atomic mass is 35.5. The predicted molar refractivity (Wildman–Crippen MR) is 79.9 cm³/mol. The molecule has 98 valence electrons. The lowest BCUT2D eigenvalue weighted by Crippen LogP contribution is -2.09. The Morgan fingerprint density at radius 2 is 2.26 bits per heavy atom. The molecule has 0 aliphatic rings. The molecule has 0 amide bonds. The summed E-state index contributed by atoms with van der Waals surface area (Å²) in [4.78, 5) is 0. The van der Waals surface area contributed by atoms with Crippen LogP contribution in [-0.2, 0) is 0 Å². The maximum absolute atomic E-state index is 9.06. The number of hydrogen-bond acceptors (Lipinski definition) is 4. The number of rotatable bonds is 4. The summed E-state index contributed by atoms with van der Waals surface area (Å²) < 4.78 is 3.98. The maximum atomic E-state index is 9.06. The first-order valence-corrected chi connectivity index (χ1v) is 7.26. The van der Waals surface area contributed by atoms with Crippen LogP contribution in [-0.4, -0.2) is 4.37 Å². The molecule has 0 aliphatic heterocycles. The van der Waals surface area contributed by atoms with Crippen molar-refractivity contribution in [1.29, 1.82) is 5.26 Å². The lowest BCUT2D eigenvalue weighted by molar-refractivity contribution is 0.752. The number of hydrogen-bond donors (Lipinski definition) is 1. The molecule has 1 unspecified atom stereocenters. The van der Waals surface area contributed by atoms with Crippen LogP contribution in [0.15, 0.2) is 24.3 Å². The number of benzene rings is 1. The van der Waals surface area contributed by atoms with Gasteiger partial charge in [-0.25, -0.2) is 0 Å². The van der Waals surface area contributed by atoms with Crippen LogP contribution < -0.4 is 5.32 Å². The van der Waals surface area contributed by atoms with E-state index in [0.29, 0.717) is 15.6 Å². The second kappa shape index (κ2) is 6.25. The first-order valence-electron chi connectivity index (χ1n) is 5.73. The second-order valence-corrected chi connectivity index (χ2v) is 5.52. The van der Waals surface area contributed by atoms with Gasteiger partial charge >= 0.3 is 0 Å². The minimum absolute atomic E-state index is 0.0716. The van der Waals surface area contributed by atoms with Gasteiger partial charge in [0, 0.05) is 5.02 Å². The van der Waals surface area contributed by atoms with E-state index in [1.54, 1.807) is 0 Å². The van der Waals surface area contributed by atoms with Crippen LogP contribution in [0.1, 0.15) is 30.5 Å². The molecule has 2 rings (SSSR count). The van der Waals surface area contributed by atoms with E-state index < -0.39 is 0 Å². The first-order chi connectivity index (χ1) is 9.15. The molecule has 0 bridgehead atoms. The smallest absolute Gasteiger partial charge is 0.162 e. The van der Waals surface area contributed by atoms with Crippen molar-refractivity contribution < 1.29 is 0 Å². The fourth-order valence-corrected chi connectivity index (χ4v) is 2.96. The third-order valence-corrected chi connectivity index (χ3v) is 4.11. The van der Waals surface area contributed by atoms with Crippen molar-refractivity contribution in [1.82, 2.24) is 4.37 Å². The van der Waals surface area contributed by atoms with Gasteiger partial charge in [0.05, 0.1) is 6.04 Å². The summed E-state index contributed by atoms with van der Waals surface area (Å²) in [6, 6.07) is 9.80. The van der Waals surface area contributed by atoms with Gasteiger partial charge in [0.15, 0.2) is 5.15 Å². The minimum Gasteiger partial charge on any atom is -0.368 e. The monoisotopic (exact) mass is 311 g/mol. The van der Waals surface area contributed by atoms with Gasteiger partial charge in [-0.1, -0.05) is 42.3 Å². The highest BCUT2D eigenvalue weighted by molar-refractivity contribution is 7.10. The van der Waals surface area contributed by atoms with Gasteiger partial charge < -0.3 is 5.32 Å². The molecule has 0 radical (unpaired) electrons. The summed E-state index contributed by atoms with van der Waals surface area (Å²) in [7, 11) is 0. The quantitative estimate of drug-likeness (QED) is 0.875. The number of nitrogens with one attached hydrogen (secondary N) is 1. The Balaban J connectivity index is 2.27. The molecule has 1 heterocycles. The summed E-state index contributed by atoms with van der Waals surface area (Å²) in [5.41, 5.74) is 1.47. The van der Waals surface area contributed by atoms with E-state index in [2.05, 4.69) is 22.7 Å². The fourth-order valence-electron chi connectivity index (χ4n) is 1.77. The van der Waals surface area contributed by atoms with E-state index in [4.69, 9.17) is 28.5 Å². The summed E-state index contributed by atoms with van der Waals surface area (Å²) in [6.45, 7) is 2.06. The van der Waals surface area contributed by atoms with Gasteiger partial charge in [-0.3, -0.25) is 0 Å². The van der Waals surface area contributed by atoms with E-state index in [1.165, 1.54) is 11.5 Å². The van der Waals surface area contributed by atoms with Gasteiger partial charge in [-0.2, -0.15) is 9.64 Å². The molecule has 0 saturated carbocycles. The van der Waals surface area contributed by atoms with Crippen LogP contribution >= 0.6 is 34.7 Å². The second-order valence-electron chi connectivity index (χ2n) is 3.95. The summed E-state index contributed by atoms with van der Waals surface area (Å²) in [5.74, 6) is 0. The average Bonchev–Trinajstić information content (AvgIpc) is 2.76. The van der Waals surface area contributed by atoms with Crippen molar-refractivity contribution in [3.63, 3.8) is 0 Å². The van der Waals surface area contributed by atoms with Crippen molar-refractivity contribution >= 4 is 39.7 Å². The molecule has 1 aromatic heterocycles. The van der Waals surface area contributed by atoms with Gasteiger partial charge in [0.25, 0.3) is 0 Å². The van der Waals surface area contributed by atoms with E-state index in [9.17, 15) is 0 Å². The Labute approximate surface area is 125 Å². The number of halogens is 2. The van der Waals surface area contributed by atoms with Crippen molar-refractivity contribution in [3.05, 3.63) is 45.6 Å². The number of nitriles is 1. The molecule has 0 aliphatic carbocycles. The molecule has 2 aromatic rings. The zero-order chi connectivity index (χ0) is 13.8. The molecule has 0 fully saturated rings. The lowest BCUT2D eigenvalue weighted by Gasteiger charge is -2.17. The highest BCUT2D eigenvalue weighted by Gasteiger charge is 2.16. The normalized spacial score (nSPS) is 11.9. The molecule has 1 atom stereocenters. The summed E-state index contributed by atoms with van der Waals surface area (Å²) >= 11 is 13.1. The lowest BCUT2D eigenvalue weighted by atomic mass is 10.0. The average molecular weight is 312 g/mol. The maximum Gasteiger partial charge on any atom is 0.162 e. The summed E-state index contributed by atoms with van der Waals surface area (Å²) in [6.07, 6.45) is 0.862. The molecular weight excluding hydrogens is 301 g/mol. The third-order valence-electron chi connectivity index (χ3n) is 2.73. The topological polar surface area (TPSA) is 48.7 Å². The largest absolute Gasteiger partial charge is 0.368 e. The van der Waals surface area contributed by atoms with E-state index >= 15 is 0 Å². The van der Waals surface area contributed by atoms with Crippen LogP contribution in [0, 0.1) is 11.3 Å². The Kier molecular flexibility index (Phi) is 4.65. The van der Waals surface area contributed by atoms with Crippen LogP contribution in [0.4, 0.5) is 5.00 Å². The molecular formula is C13H11Cl2N3S. The van der Waals surface area contributed by atoms with Gasteiger partial charge in [-0.15, -0.1) is 0 Å². The Hall–Kier alpha value is -1.28. The van der Waals surface area contributed by atoms with Crippen LogP contribution in [0.3, 0.4) is 0 Å². The van der Waals surface area contributed by atoms with Crippen molar-refractivity contribution in [3.8, 4) is 6.07 Å². The molecule has 1 N–H and O–H groups in total. The van der Waals surface area contributed by atoms with Crippen LogP contribution in [0.2, 0.25) is 10.2 Å². The van der Waals surface area contributed by atoms with Crippen molar-refractivity contribution in [2.24, 2.45) is 0 Å². The first kappa shape index (κ1) is 14.1. The van der Waals surface area contributed by atoms with Crippen molar-refractivity contribution in [2.75, 3.05) is 5.32 Å². The van der Waals surface area contributed by atoms with Crippen molar-refractivity contribution in [2.45, 2.75) is 19.4 Å². The zero-order valence-electron chi connectivity index (χ0n) is 10.2. The fraction of sp³-hybridized carbons (Fsp3) is 0.231. The molecule has 6 heteroatoms. The Morgan fingerprint density at radius 3 is 2.89 bits per heavy atom. The standard InChI is InChI=1S/C13H11Cl2N3S/c1-2-11(8-4-3-5-9(14)6-8)17-13-10(7-16)12(15)18-19-13/h3-6,11,17H,2H2,1H3. The SMILES string of the molecule is CCC(Nc1snc(Cl)c1C#N)c1cccc(Cl)c1. The zero-order valence-corrected chi connectivity index (χ0v) is 12.5. The molecule has 1 aromatic carbocycles. The van der Waals surface area contributed by atoms with Gasteiger partial charge in [0.1, 0.15) is 16.6 Å². The van der Waals surface area contributed by atoms with E-state index in [1.807, 2.05) is 24.3 Å². The number of aromatic nitrogens is 1. The van der Waals surface area contributed by atoms with Crippen LogP contribution in [0.25, 0.3) is 0 Å². The molecule has 0 spiro atoms. The Morgan fingerprint density at radius 1 is 1.47 bits per heavy atom. The van der Waals surface area contributed by atoms with Gasteiger partial charge in [-0.05, 0) is 35.6 Å². The molecule has 19 heavy (non-hydrogen) atoms. The minimum atomic E-state index is 0.0716. The number of nitrogens with zero attached hydrogens (tertiary/aromatic N) is 2. The van der Waals surface area contributed by atoms with E-state index in [-0.39, 0.29) is 11.2 Å². The Bertz CT molecular complexity index is 619. The molecule has 0 saturated heterocycles. The van der Waals surface area contributed by atoms with Crippen LogP contribution in [0.5, 0.6) is 0 Å². The molecule has 3 nitrogen and oxygen atoms in total. The van der Waals surface area contributed by atoms with E-state index in [0.717, 1.165) is 12.0 Å². The predicted octanol–water partition coefficient (Wildman–Crippen LogP) is 4.88. The summed E-state index contributed by atoms with van der Waals surface area (Å²) in [5, 5.41) is 14.0. The highest BCUT2D eigenvalue weighted by Crippen LogP contribution is 2.32. The third kappa shape index (κ3) is 3.19. The van der Waals surface area contributed by atoms with Gasteiger partial charge in [0.2, 0.25) is 0 Å². The number of anilines is 1.